The largest absolute Gasteiger partial charge is 0.490 e. The van der Waals surface area contributed by atoms with Crippen LogP contribution < -0.4 is 4.74 Å². The lowest BCUT2D eigenvalue weighted by molar-refractivity contribution is -0.0898. The van der Waals surface area contributed by atoms with Crippen molar-refractivity contribution in [2.24, 2.45) is 11.8 Å². The van der Waals surface area contributed by atoms with E-state index in [-0.39, 0.29) is 12.2 Å². The van der Waals surface area contributed by atoms with Crippen LogP contribution in [-0.4, -0.2) is 12.2 Å². The van der Waals surface area contributed by atoms with Gasteiger partial charge in [0.05, 0.1) is 6.10 Å². The Morgan fingerprint density at radius 1 is 1.25 bits per heavy atom. The van der Waals surface area contributed by atoms with Crippen molar-refractivity contribution in [3.05, 3.63) is 30.3 Å². The molecule has 0 spiro atoms. The molecule has 3 aliphatic rings. The van der Waals surface area contributed by atoms with Gasteiger partial charge in [0.15, 0.2) is 0 Å². The zero-order valence-electron chi connectivity index (χ0n) is 9.26. The van der Waals surface area contributed by atoms with Crippen molar-refractivity contribution in [3.8, 4) is 5.75 Å². The summed E-state index contributed by atoms with van der Waals surface area (Å²) in [5, 5.41) is 11.7. The first kappa shape index (κ1) is 10.2. The molecular weight excluding hydrogens is 200 g/mol. The minimum Gasteiger partial charge on any atom is -0.490 e. The monoisotopic (exact) mass is 216 g/mol. The Morgan fingerprint density at radius 2 is 2.12 bits per heavy atom. The Kier molecular flexibility index (Phi) is 2.60. The normalized spacial score (nSPS) is 37.3. The van der Waals surface area contributed by atoms with Crippen LogP contribution in [-0.2, 0) is 5.11 Å². The lowest BCUT2D eigenvalue weighted by Gasteiger charge is -2.44. The summed E-state index contributed by atoms with van der Waals surface area (Å²) < 4.78 is 5.97. The van der Waals surface area contributed by atoms with Crippen molar-refractivity contribution in [2.75, 3.05) is 0 Å². The summed E-state index contributed by atoms with van der Waals surface area (Å²) in [6, 6.07) is 10.7. The third kappa shape index (κ3) is 1.82. The van der Waals surface area contributed by atoms with Crippen LogP contribution in [0.25, 0.3) is 0 Å². The SMILES string of the molecule is [O]C1CC2CCC1CC2Oc1c[c]ccc1. The Balaban J connectivity index is 1.69. The fraction of sp³-hybridized carbons (Fsp3) is 0.571. The van der Waals surface area contributed by atoms with Crippen LogP contribution in [0.2, 0.25) is 0 Å². The minimum atomic E-state index is -0.332. The van der Waals surface area contributed by atoms with E-state index in [9.17, 15) is 5.11 Å². The first-order chi connectivity index (χ1) is 7.83. The molecule has 84 valence electrons. The summed E-state index contributed by atoms with van der Waals surface area (Å²) >= 11 is 0. The summed E-state index contributed by atoms with van der Waals surface area (Å²) in [6.45, 7) is 0. The van der Waals surface area contributed by atoms with Crippen LogP contribution in [0.15, 0.2) is 24.3 Å². The average molecular weight is 216 g/mol. The second-order valence-corrected chi connectivity index (χ2v) is 5.00. The first-order valence-corrected chi connectivity index (χ1v) is 6.11. The second kappa shape index (κ2) is 4.10. The number of fused-ring (bicyclic) bond motifs is 3. The Bertz CT molecular complexity index is 349. The summed E-state index contributed by atoms with van der Waals surface area (Å²) in [5.41, 5.74) is 0. The number of hydrogen-bond donors (Lipinski definition) is 0. The van der Waals surface area contributed by atoms with Gasteiger partial charge in [0, 0.05) is 0 Å². The van der Waals surface area contributed by atoms with E-state index >= 15 is 0 Å². The van der Waals surface area contributed by atoms with Crippen molar-refractivity contribution in [1.82, 2.24) is 0 Å². The molecule has 2 nitrogen and oxygen atoms in total. The zero-order valence-corrected chi connectivity index (χ0v) is 9.26. The summed E-state index contributed by atoms with van der Waals surface area (Å²) in [7, 11) is 0. The third-order valence-corrected chi connectivity index (χ3v) is 4.00. The fourth-order valence-electron chi connectivity index (χ4n) is 3.09. The molecule has 3 aliphatic carbocycles. The van der Waals surface area contributed by atoms with Crippen molar-refractivity contribution >= 4 is 0 Å². The van der Waals surface area contributed by atoms with E-state index in [1.807, 2.05) is 24.3 Å². The highest BCUT2D eigenvalue weighted by Crippen LogP contribution is 2.43. The number of benzene rings is 1. The van der Waals surface area contributed by atoms with Crippen LogP contribution in [0.4, 0.5) is 0 Å². The molecule has 3 saturated carbocycles. The molecule has 16 heavy (non-hydrogen) atoms. The number of rotatable bonds is 2. The maximum absolute atomic E-state index is 11.7. The zero-order chi connectivity index (χ0) is 11.0. The number of hydrogen-bond acceptors (Lipinski definition) is 1. The van der Waals surface area contributed by atoms with E-state index in [0.717, 1.165) is 25.0 Å². The molecule has 0 aromatic heterocycles. The van der Waals surface area contributed by atoms with Gasteiger partial charge in [-0.25, -0.2) is 5.11 Å². The molecule has 0 aliphatic heterocycles. The molecule has 4 rings (SSSR count). The van der Waals surface area contributed by atoms with Gasteiger partial charge in [-0.2, -0.15) is 0 Å². The van der Waals surface area contributed by atoms with E-state index in [4.69, 9.17) is 4.74 Å². The standard InChI is InChI=1S/C14H16O2/c15-13-8-11-7-6-10(13)9-14(11)16-12-4-2-1-3-5-12/h1-2,4-5,10-11,13-14H,6-9H2. The van der Waals surface area contributed by atoms with Crippen LogP contribution >= 0.6 is 0 Å². The molecule has 3 fully saturated rings. The summed E-state index contributed by atoms with van der Waals surface area (Å²) in [6.07, 6.45) is 3.98. The van der Waals surface area contributed by atoms with Crippen molar-refractivity contribution in [2.45, 2.75) is 37.9 Å². The van der Waals surface area contributed by atoms with E-state index < -0.39 is 0 Å². The van der Waals surface area contributed by atoms with Gasteiger partial charge < -0.3 is 4.74 Å². The highest BCUT2D eigenvalue weighted by molar-refractivity contribution is 5.20. The van der Waals surface area contributed by atoms with Gasteiger partial charge in [0.25, 0.3) is 0 Å². The number of ether oxygens (including phenoxy) is 1. The van der Waals surface area contributed by atoms with E-state index in [2.05, 4.69) is 6.07 Å². The highest BCUT2D eigenvalue weighted by atomic mass is 16.5. The predicted molar refractivity (Wildman–Crippen MR) is 59.6 cm³/mol. The van der Waals surface area contributed by atoms with Crippen molar-refractivity contribution in [3.63, 3.8) is 0 Å². The molecule has 4 unspecified atom stereocenters. The quantitative estimate of drug-likeness (QED) is 0.747. The minimum absolute atomic E-state index is 0.264. The first-order valence-electron chi connectivity index (χ1n) is 6.11. The Morgan fingerprint density at radius 3 is 2.75 bits per heavy atom. The molecule has 1 aromatic carbocycles. The molecule has 2 heteroatoms. The molecule has 0 heterocycles. The molecule has 0 amide bonds. The van der Waals surface area contributed by atoms with Crippen molar-refractivity contribution in [1.29, 1.82) is 0 Å². The van der Waals surface area contributed by atoms with Gasteiger partial charge in [-0.15, -0.1) is 0 Å². The van der Waals surface area contributed by atoms with Crippen LogP contribution in [0, 0.1) is 17.9 Å². The second-order valence-electron chi connectivity index (χ2n) is 5.00. The van der Waals surface area contributed by atoms with Gasteiger partial charge in [0.2, 0.25) is 0 Å². The lowest BCUT2D eigenvalue weighted by Crippen LogP contribution is -2.45. The molecule has 0 N–H and O–H groups in total. The molecule has 2 radical (unpaired) electrons. The lowest BCUT2D eigenvalue weighted by atomic mass is 9.67. The van der Waals surface area contributed by atoms with E-state index in [1.54, 1.807) is 0 Å². The average Bonchev–Trinajstić information content (AvgIpc) is 2.32. The summed E-state index contributed by atoms with van der Waals surface area (Å²) in [5.74, 6) is 1.72. The maximum atomic E-state index is 11.7. The topological polar surface area (TPSA) is 29.1 Å². The molecule has 0 saturated heterocycles. The smallest absolute Gasteiger partial charge is 0.120 e. The van der Waals surface area contributed by atoms with Crippen LogP contribution in [0.5, 0.6) is 5.75 Å². The Hall–Kier alpha value is -1.02. The van der Waals surface area contributed by atoms with Crippen LogP contribution in [0.1, 0.15) is 25.7 Å². The summed E-state index contributed by atoms with van der Waals surface area (Å²) in [4.78, 5) is 0. The molecule has 1 aromatic rings. The van der Waals surface area contributed by atoms with Gasteiger partial charge in [-0.1, -0.05) is 12.1 Å². The van der Waals surface area contributed by atoms with Crippen molar-refractivity contribution < 1.29 is 9.84 Å². The van der Waals surface area contributed by atoms with Gasteiger partial charge >= 0.3 is 0 Å². The van der Waals surface area contributed by atoms with E-state index in [0.29, 0.717) is 11.8 Å². The molecule has 4 atom stereocenters. The highest BCUT2D eigenvalue weighted by Gasteiger charge is 2.42. The maximum Gasteiger partial charge on any atom is 0.120 e. The molecule has 2 bridgehead atoms. The van der Waals surface area contributed by atoms with Gasteiger partial charge in [-0.05, 0) is 55.7 Å². The van der Waals surface area contributed by atoms with Gasteiger partial charge in [-0.3, -0.25) is 0 Å². The Labute approximate surface area is 96.2 Å². The van der Waals surface area contributed by atoms with Crippen LogP contribution in [0.3, 0.4) is 0 Å². The predicted octanol–water partition coefficient (Wildman–Crippen LogP) is 2.85. The van der Waals surface area contributed by atoms with Gasteiger partial charge in [0.1, 0.15) is 11.9 Å². The fourth-order valence-corrected chi connectivity index (χ4v) is 3.09. The third-order valence-electron chi connectivity index (χ3n) is 4.00. The van der Waals surface area contributed by atoms with E-state index in [1.165, 1.54) is 6.42 Å². The molecular formula is C14H16O2.